The molecule has 0 aliphatic carbocycles. The Morgan fingerprint density at radius 2 is 1.88 bits per heavy atom. The lowest BCUT2D eigenvalue weighted by Crippen LogP contribution is -1.88. The second-order valence-corrected chi connectivity index (χ2v) is 3.13. The summed E-state index contributed by atoms with van der Waals surface area (Å²) in [5.74, 6) is 0. The topological polar surface area (TPSA) is 25.8 Å². The van der Waals surface area contributed by atoms with E-state index in [4.69, 9.17) is 0 Å². The Bertz CT molecular complexity index is 505. The standard InChI is InChI=1S/C12H8F2N2/c13-12(14)8-9-4-1-2-5-10(9)11-6-3-7-15-16-11/h1-8H. The summed E-state index contributed by atoms with van der Waals surface area (Å²) in [5.41, 5.74) is 1.65. The van der Waals surface area contributed by atoms with Crippen LogP contribution in [0, 0.1) is 0 Å². The SMILES string of the molecule is FC(F)=Cc1ccccc1-c1cccnn1. The maximum Gasteiger partial charge on any atom is 0.270 e. The lowest BCUT2D eigenvalue weighted by atomic mass is 10.0. The molecule has 1 aromatic carbocycles. The number of halogens is 2. The molecule has 16 heavy (non-hydrogen) atoms. The molecule has 0 atom stereocenters. The van der Waals surface area contributed by atoms with Crippen molar-refractivity contribution in [2.75, 3.05) is 0 Å². The van der Waals surface area contributed by atoms with Gasteiger partial charge in [-0.15, -0.1) is 0 Å². The molecule has 0 spiro atoms. The third kappa shape index (κ3) is 2.28. The lowest BCUT2D eigenvalue weighted by Gasteiger charge is -2.03. The van der Waals surface area contributed by atoms with Gasteiger partial charge < -0.3 is 0 Å². The second kappa shape index (κ2) is 4.61. The van der Waals surface area contributed by atoms with Crippen LogP contribution in [-0.4, -0.2) is 10.2 Å². The average Bonchev–Trinajstić information content (AvgIpc) is 2.30. The first-order valence-electron chi connectivity index (χ1n) is 4.67. The molecule has 2 aromatic rings. The summed E-state index contributed by atoms with van der Waals surface area (Å²) in [5, 5.41) is 7.62. The highest BCUT2D eigenvalue weighted by atomic mass is 19.3. The molecule has 0 N–H and O–H groups in total. The molecule has 2 rings (SSSR count). The van der Waals surface area contributed by atoms with E-state index in [1.54, 1.807) is 36.4 Å². The highest BCUT2D eigenvalue weighted by Gasteiger charge is 2.04. The second-order valence-electron chi connectivity index (χ2n) is 3.13. The van der Waals surface area contributed by atoms with Gasteiger partial charge in [-0.05, 0) is 17.7 Å². The van der Waals surface area contributed by atoms with Gasteiger partial charge in [-0.1, -0.05) is 24.3 Å². The molecular weight excluding hydrogens is 210 g/mol. The maximum atomic E-state index is 12.2. The van der Waals surface area contributed by atoms with Gasteiger partial charge in [-0.3, -0.25) is 0 Å². The van der Waals surface area contributed by atoms with Gasteiger partial charge in [-0.25, -0.2) is 0 Å². The Kier molecular flexibility index (Phi) is 3.00. The van der Waals surface area contributed by atoms with Gasteiger partial charge >= 0.3 is 0 Å². The van der Waals surface area contributed by atoms with Crippen LogP contribution in [0.15, 0.2) is 48.7 Å². The number of hydrogen-bond acceptors (Lipinski definition) is 2. The van der Waals surface area contributed by atoms with E-state index in [1.165, 1.54) is 6.20 Å². The molecule has 1 aromatic heterocycles. The predicted octanol–water partition coefficient (Wildman–Crippen LogP) is 3.38. The first-order valence-corrected chi connectivity index (χ1v) is 4.67. The zero-order valence-corrected chi connectivity index (χ0v) is 8.27. The lowest BCUT2D eigenvalue weighted by molar-refractivity contribution is 0.429. The van der Waals surface area contributed by atoms with Crippen molar-refractivity contribution < 1.29 is 8.78 Å². The fourth-order valence-corrected chi connectivity index (χ4v) is 1.42. The fraction of sp³-hybridized carbons (Fsp3) is 0. The summed E-state index contributed by atoms with van der Waals surface area (Å²) in [7, 11) is 0. The molecule has 2 nitrogen and oxygen atoms in total. The number of benzene rings is 1. The molecule has 0 aliphatic rings. The van der Waals surface area contributed by atoms with Crippen molar-refractivity contribution >= 4 is 6.08 Å². The van der Waals surface area contributed by atoms with Crippen LogP contribution in [0.3, 0.4) is 0 Å². The van der Waals surface area contributed by atoms with Gasteiger partial charge in [0.25, 0.3) is 6.08 Å². The van der Waals surface area contributed by atoms with Crippen molar-refractivity contribution in [2.24, 2.45) is 0 Å². The van der Waals surface area contributed by atoms with Crippen molar-refractivity contribution in [3.05, 3.63) is 54.2 Å². The van der Waals surface area contributed by atoms with Crippen LogP contribution in [0.4, 0.5) is 8.78 Å². The quantitative estimate of drug-likeness (QED) is 0.772. The van der Waals surface area contributed by atoms with E-state index < -0.39 is 6.08 Å². The number of nitrogens with zero attached hydrogens (tertiary/aromatic N) is 2. The molecule has 1 heterocycles. The first kappa shape index (κ1) is 10.4. The maximum absolute atomic E-state index is 12.2. The van der Waals surface area contributed by atoms with Gasteiger partial charge in [0.2, 0.25) is 0 Å². The van der Waals surface area contributed by atoms with Crippen LogP contribution < -0.4 is 0 Å². The van der Waals surface area contributed by atoms with Gasteiger partial charge in [0.15, 0.2) is 0 Å². The zero-order valence-electron chi connectivity index (χ0n) is 8.27. The largest absolute Gasteiger partial charge is 0.270 e. The molecule has 0 amide bonds. The van der Waals surface area contributed by atoms with Crippen LogP contribution in [0.5, 0.6) is 0 Å². The summed E-state index contributed by atoms with van der Waals surface area (Å²) in [6.45, 7) is 0. The van der Waals surface area contributed by atoms with E-state index in [-0.39, 0.29) is 0 Å². The number of hydrogen-bond donors (Lipinski definition) is 0. The van der Waals surface area contributed by atoms with E-state index in [9.17, 15) is 8.78 Å². The average molecular weight is 218 g/mol. The van der Waals surface area contributed by atoms with Crippen LogP contribution in [0.25, 0.3) is 17.3 Å². The summed E-state index contributed by atoms with van der Waals surface area (Å²) >= 11 is 0. The fourth-order valence-electron chi connectivity index (χ4n) is 1.42. The zero-order chi connectivity index (χ0) is 11.4. The minimum absolute atomic E-state index is 0.433. The number of aromatic nitrogens is 2. The minimum atomic E-state index is -1.73. The number of rotatable bonds is 2. The van der Waals surface area contributed by atoms with Crippen molar-refractivity contribution in [1.29, 1.82) is 0 Å². The smallest absolute Gasteiger partial charge is 0.173 e. The van der Waals surface area contributed by atoms with Crippen molar-refractivity contribution in [2.45, 2.75) is 0 Å². The first-order chi connectivity index (χ1) is 7.77. The van der Waals surface area contributed by atoms with Crippen LogP contribution in [-0.2, 0) is 0 Å². The van der Waals surface area contributed by atoms with Gasteiger partial charge in [0, 0.05) is 17.8 Å². The van der Waals surface area contributed by atoms with Crippen LogP contribution >= 0.6 is 0 Å². The Balaban J connectivity index is 2.53. The molecule has 0 radical (unpaired) electrons. The Morgan fingerprint density at radius 3 is 2.56 bits per heavy atom. The van der Waals surface area contributed by atoms with Crippen LogP contribution in [0.2, 0.25) is 0 Å². The van der Waals surface area contributed by atoms with E-state index >= 15 is 0 Å². The molecular formula is C12H8F2N2. The molecule has 4 heteroatoms. The van der Waals surface area contributed by atoms with E-state index in [0.29, 0.717) is 16.8 Å². The summed E-state index contributed by atoms with van der Waals surface area (Å²) in [6.07, 6.45) is 0.637. The molecule has 0 aliphatic heterocycles. The van der Waals surface area contributed by atoms with Crippen molar-refractivity contribution in [1.82, 2.24) is 10.2 Å². The summed E-state index contributed by atoms with van der Waals surface area (Å²) in [6, 6.07) is 10.3. The normalized spacial score (nSPS) is 9.88. The Morgan fingerprint density at radius 1 is 1.06 bits per heavy atom. The molecule has 0 saturated heterocycles. The summed E-state index contributed by atoms with van der Waals surface area (Å²) in [4.78, 5) is 0. The molecule has 0 saturated carbocycles. The molecule has 0 fully saturated rings. The van der Waals surface area contributed by atoms with E-state index in [0.717, 1.165) is 6.08 Å². The highest BCUT2D eigenvalue weighted by Crippen LogP contribution is 2.23. The molecule has 0 unspecified atom stereocenters. The molecule has 80 valence electrons. The van der Waals surface area contributed by atoms with E-state index in [2.05, 4.69) is 10.2 Å². The van der Waals surface area contributed by atoms with Gasteiger partial charge in [-0.2, -0.15) is 19.0 Å². The third-order valence-electron chi connectivity index (χ3n) is 2.07. The van der Waals surface area contributed by atoms with Crippen LogP contribution in [0.1, 0.15) is 5.56 Å². The van der Waals surface area contributed by atoms with Crippen molar-refractivity contribution in [3.63, 3.8) is 0 Å². The summed E-state index contributed by atoms with van der Waals surface area (Å²) < 4.78 is 24.5. The third-order valence-corrected chi connectivity index (χ3v) is 2.07. The minimum Gasteiger partial charge on any atom is -0.173 e. The van der Waals surface area contributed by atoms with E-state index in [1.807, 2.05) is 0 Å². The van der Waals surface area contributed by atoms with Gasteiger partial charge in [0.1, 0.15) is 0 Å². The Labute approximate surface area is 91.3 Å². The Hall–Kier alpha value is -2.10. The van der Waals surface area contributed by atoms with Crippen molar-refractivity contribution in [3.8, 4) is 11.3 Å². The highest BCUT2D eigenvalue weighted by molar-refractivity contribution is 5.72. The monoisotopic (exact) mass is 218 g/mol. The van der Waals surface area contributed by atoms with Gasteiger partial charge in [0.05, 0.1) is 5.69 Å². The predicted molar refractivity (Wildman–Crippen MR) is 57.7 cm³/mol. The molecule has 0 bridgehead atoms.